The number of hydrogen-bond acceptors (Lipinski definition) is 5. The van der Waals surface area contributed by atoms with Gasteiger partial charge in [0, 0.05) is 20.3 Å². The van der Waals surface area contributed by atoms with Gasteiger partial charge in [0.1, 0.15) is 0 Å². The van der Waals surface area contributed by atoms with Crippen molar-refractivity contribution in [3.63, 3.8) is 0 Å². The molecular formula is C33H52O5. The van der Waals surface area contributed by atoms with Crippen molar-refractivity contribution in [2.45, 2.75) is 137 Å². The molecule has 3 saturated carbocycles. The number of allylic oxidation sites excluding steroid dienone is 3. The minimum atomic E-state index is -1.24. The fourth-order valence-corrected chi connectivity index (χ4v) is 9.40. The summed E-state index contributed by atoms with van der Waals surface area (Å²) >= 11 is 0. The molecule has 5 heteroatoms. The average molecular weight is 529 g/mol. The summed E-state index contributed by atoms with van der Waals surface area (Å²) in [7, 11) is 0. The topological polar surface area (TPSA) is 72.8 Å². The normalized spacial score (nSPS) is 34.7. The van der Waals surface area contributed by atoms with Crippen LogP contribution in [0.25, 0.3) is 0 Å². The molecule has 4 aliphatic rings. The zero-order chi connectivity index (χ0) is 27.9. The van der Waals surface area contributed by atoms with E-state index in [1.165, 1.54) is 44.3 Å². The summed E-state index contributed by atoms with van der Waals surface area (Å²) in [6, 6.07) is 0. The van der Waals surface area contributed by atoms with Gasteiger partial charge in [-0.1, -0.05) is 63.8 Å². The second kappa shape index (κ2) is 10.7. The maximum atomic E-state index is 12.4. The number of carbonyl (C=O) groups excluding carboxylic acids is 2. The molecule has 0 aromatic rings. The summed E-state index contributed by atoms with van der Waals surface area (Å²) in [6.07, 6.45) is 16.4. The average Bonchev–Trinajstić information content (AvgIpc) is 3.21. The number of rotatable bonds is 9. The summed E-state index contributed by atoms with van der Waals surface area (Å²) in [4.78, 5) is 24.7. The predicted molar refractivity (Wildman–Crippen MR) is 150 cm³/mol. The molecule has 214 valence electrons. The third-order valence-corrected chi connectivity index (χ3v) is 11.7. The summed E-state index contributed by atoms with van der Waals surface area (Å²) in [5, 5.41) is 10.8. The van der Waals surface area contributed by atoms with E-state index in [9.17, 15) is 14.7 Å². The van der Waals surface area contributed by atoms with Crippen LogP contribution in [0.1, 0.15) is 126 Å². The standard InChI is InChI=1S/C33H52O5/c1-8-32(36,9-2)19-10-12-22(3)27-16-17-28-26-15-14-25-13-11-20-33(37-23(4)34,38-24(5)35)31(25,7)29(26)18-21-30(27,28)6/h14-15,22,27-29,36H,8-13,16-21H2,1-7H3/t22-,27-,28+,29+,30-,31+/m1/s1. The molecule has 0 bridgehead atoms. The van der Waals surface area contributed by atoms with Crippen molar-refractivity contribution >= 4 is 11.9 Å². The molecule has 5 nitrogen and oxygen atoms in total. The molecule has 0 aliphatic heterocycles. The zero-order valence-electron chi connectivity index (χ0n) is 25.0. The van der Waals surface area contributed by atoms with Gasteiger partial charge in [0.05, 0.1) is 11.0 Å². The molecule has 0 radical (unpaired) electrons. The van der Waals surface area contributed by atoms with E-state index in [1.54, 1.807) is 0 Å². The maximum Gasteiger partial charge on any atom is 0.305 e. The second-order valence-electron chi connectivity index (χ2n) is 13.5. The first-order chi connectivity index (χ1) is 17.9. The van der Waals surface area contributed by atoms with Crippen molar-refractivity contribution in [3.05, 3.63) is 23.3 Å². The Morgan fingerprint density at radius 2 is 1.68 bits per heavy atom. The summed E-state index contributed by atoms with van der Waals surface area (Å²) in [5.41, 5.74) is 1.93. The number of aliphatic hydroxyl groups is 1. The number of fused-ring (bicyclic) bond motifs is 5. The molecule has 6 atom stereocenters. The lowest BCUT2D eigenvalue weighted by Gasteiger charge is -2.59. The van der Waals surface area contributed by atoms with Crippen LogP contribution < -0.4 is 0 Å². The molecule has 38 heavy (non-hydrogen) atoms. The zero-order valence-corrected chi connectivity index (χ0v) is 25.0. The Morgan fingerprint density at radius 1 is 1.03 bits per heavy atom. The number of hydrogen-bond donors (Lipinski definition) is 1. The van der Waals surface area contributed by atoms with Gasteiger partial charge in [-0.2, -0.15) is 0 Å². The van der Waals surface area contributed by atoms with Gasteiger partial charge in [0.2, 0.25) is 0 Å². The molecule has 0 saturated heterocycles. The second-order valence-corrected chi connectivity index (χ2v) is 13.5. The van der Waals surface area contributed by atoms with Gasteiger partial charge < -0.3 is 14.6 Å². The van der Waals surface area contributed by atoms with Crippen molar-refractivity contribution in [2.24, 2.45) is 34.5 Å². The van der Waals surface area contributed by atoms with Crippen LogP contribution in [-0.2, 0) is 19.1 Å². The highest BCUT2D eigenvalue weighted by molar-refractivity contribution is 5.69. The SMILES string of the molecule is CCC(O)(CC)CCC[C@@H](C)[C@H]1CC[C@H]2C3=CC=C4CCCC(OC(C)=O)(OC(C)=O)[C@]4(C)[C@H]3CC[C@]12C. The highest BCUT2D eigenvalue weighted by Crippen LogP contribution is 2.68. The van der Waals surface area contributed by atoms with Crippen LogP contribution in [0.2, 0.25) is 0 Å². The molecule has 1 N–H and O–H groups in total. The molecule has 0 spiro atoms. The first kappa shape index (κ1) is 29.4. The lowest BCUT2D eigenvalue weighted by Crippen LogP contribution is -2.61. The third-order valence-electron chi connectivity index (χ3n) is 11.7. The van der Waals surface area contributed by atoms with E-state index in [0.717, 1.165) is 51.4 Å². The van der Waals surface area contributed by atoms with Crippen molar-refractivity contribution in [1.29, 1.82) is 0 Å². The fourth-order valence-electron chi connectivity index (χ4n) is 9.40. The molecule has 0 heterocycles. The van der Waals surface area contributed by atoms with Crippen LogP contribution in [0, 0.1) is 34.5 Å². The summed E-state index contributed by atoms with van der Waals surface area (Å²) < 4.78 is 12.1. The van der Waals surface area contributed by atoms with Gasteiger partial charge in [0.15, 0.2) is 0 Å². The van der Waals surface area contributed by atoms with Crippen LogP contribution >= 0.6 is 0 Å². The molecule has 4 aliphatic carbocycles. The Morgan fingerprint density at radius 3 is 2.29 bits per heavy atom. The Kier molecular flexibility index (Phi) is 8.30. The lowest BCUT2D eigenvalue weighted by molar-refractivity contribution is -0.279. The van der Waals surface area contributed by atoms with Crippen LogP contribution in [0.5, 0.6) is 0 Å². The van der Waals surface area contributed by atoms with Gasteiger partial charge in [-0.15, -0.1) is 0 Å². The monoisotopic (exact) mass is 528 g/mol. The summed E-state index contributed by atoms with van der Waals surface area (Å²) in [5.74, 6) is -0.0221. The van der Waals surface area contributed by atoms with Crippen LogP contribution in [0.4, 0.5) is 0 Å². The van der Waals surface area contributed by atoms with Crippen molar-refractivity contribution in [3.8, 4) is 0 Å². The quantitative estimate of drug-likeness (QED) is 0.246. The predicted octanol–water partition coefficient (Wildman–Crippen LogP) is 7.67. The van der Waals surface area contributed by atoms with Gasteiger partial charge >= 0.3 is 11.9 Å². The first-order valence-electron chi connectivity index (χ1n) is 15.4. The largest absolute Gasteiger partial charge is 0.422 e. The highest BCUT2D eigenvalue weighted by Gasteiger charge is 2.66. The van der Waals surface area contributed by atoms with E-state index in [2.05, 4.69) is 46.8 Å². The van der Waals surface area contributed by atoms with E-state index < -0.39 is 28.7 Å². The third kappa shape index (κ3) is 4.80. The first-order valence-corrected chi connectivity index (χ1v) is 15.4. The highest BCUT2D eigenvalue weighted by atomic mass is 16.7. The minimum absolute atomic E-state index is 0.206. The molecule has 0 unspecified atom stereocenters. The van der Waals surface area contributed by atoms with E-state index >= 15 is 0 Å². The van der Waals surface area contributed by atoms with Crippen molar-refractivity contribution < 1.29 is 24.2 Å². The molecule has 0 aromatic heterocycles. The molecule has 0 aromatic carbocycles. The van der Waals surface area contributed by atoms with Crippen molar-refractivity contribution in [1.82, 2.24) is 0 Å². The minimum Gasteiger partial charge on any atom is -0.422 e. The number of esters is 2. The fraction of sp³-hybridized carbons (Fsp3) is 0.818. The maximum absolute atomic E-state index is 12.4. The van der Waals surface area contributed by atoms with Gasteiger partial charge in [-0.25, -0.2) is 0 Å². The number of ether oxygens (including phenoxy) is 2. The Hall–Kier alpha value is -1.62. The summed E-state index contributed by atoms with van der Waals surface area (Å²) in [6.45, 7) is 14.2. The smallest absolute Gasteiger partial charge is 0.305 e. The van der Waals surface area contributed by atoms with Crippen molar-refractivity contribution in [2.75, 3.05) is 0 Å². The Balaban J connectivity index is 1.59. The molecule has 4 rings (SSSR count). The van der Waals surface area contributed by atoms with Gasteiger partial charge in [-0.05, 0) is 93.8 Å². The van der Waals surface area contributed by atoms with Crippen LogP contribution in [0.3, 0.4) is 0 Å². The van der Waals surface area contributed by atoms with E-state index in [1.807, 2.05) is 0 Å². The van der Waals surface area contributed by atoms with Gasteiger partial charge in [-0.3, -0.25) is 9.59 Å². The molecular weight excluding hydrogens is 476 g/mol. The van der Waals surface area contributed by atoms with E-state index in [0.29, 0.717) is 24.2 Å². The van der Waals surface area contributed by atoms with E-state index in [-0.39, 0.29) is 11.3 Å². The van der Waals surface area contributed by atoms with Gasteiger partial charge in [0.25, 0.3) is 5.79 Å². The van der Waals surface area contributed by atoms with Crippen LogP contribution in [0.15, 0.2) is 23.3 Å². The van der Waals surface area contributed by atoms with E-state index in [4.69, 9.17) is 9.47 Å². The lowest BCUT2D eigenvalue weighted by atomic mass is 9.48. The molecule has 0 amide bonds. The molecule has 3 fully saturated rings. The number of carbonyl (C=O) groups is 2. The Bertz CT molecular complexity index is 958. The Labute approximate surface area is 230 Å². The van der Waals surface area contributed by atoms with Crippen LogP contribution in [-0.4, -0.2) is 28.4 Å².